The van der Waals surface area contributed by atoms with Crippen LogP contribution in [0.2, 0.25) is 0 Å². The molecule has 1 aromatic heterocycles. The minimum absolute atomic E-state index is 0.0184. The van der Waals surface area contributed by atoms with Crippen molar-refractivity contribution in [1.82, 2.24) is 10.2 Å². The third kappa shape index (κ3) is 4.96. The van der Waals surface area contributed by atoms with Crippen LogP contribution in [0.5, 0.6) is 11.5 Å². The molecule has 0 radical (unpaired) electrons. The summed E-state index contributed by atoms with van der Waals surface area (Å²) in [6, 6.07) is 11.6. The number of carbonyl (C=O) groups excluding carboxylic acids is 1. The number of thiophene rings is 1. The molecule has 134 valence electrons. The third-order valence-corrected chi connectivity index (χ3v) is 5.20. The van der Waals surface area contributed by atoms with Crippen molar-refractivity contribution in [2.45, 2.75) is 25.4 Å². The van der Waals surface area contributed by atoms with Crippen LogP contribution in [-0.2, 0) is 11.3 Å². The van der Waals surface area contributed by atoms with Gasteiger partial charge in [-0.25, -0.2) is 0 Å². The molecule has 0 spiro atoms. The van der Waals surface area contributed by atoms with E-state index >= 15 is 0 Å². The van der Waals surface area contributed by atoms with Gasteiger partial charge in [0, 0.05) is 23.5 Å². The van der Waals surface area contributed by atoms with Gasteiger partial charge in [-0.05, 0) is 43.0 Å². The average molecular weight is 360 g/mol. The van der Waals surface area contributed by atoms with E-state index in [0.29, 0.717) is 12.3 Å². The van der Waals surface area contributed by atoms with Gasteiger partial charge in [-0.1, -0.05) is 12.1 Å². The summed E-state index contributed by atoms with van der Waals surface area (Å²) in [6.45, 7) is 2.55. The van der Waals surface area contributed by atoms with E-state index in [0.717, 1.165) is 31.7 Å². The number of carbonyl (C=O) groups is 1. The fraction of sp³-hybridized carbons (Fsp3) is 0.421. The highest BCUT2D eigenvalue weighted by atomic mass is 32.1. The SMILES string of the molecule is COc1cccc(OCC(=O)N(Cc2cccs2)C2CCCNC2)c1. The van der Waals surface area contributed by atoms with Gasteiger partial charge in [-0.3, -0.25) is 4.79 Å². The molecule has 0 bridgehead atoms. The number of hydrogen-bond donors (Lipinski definition) is 1. The van der Waals surface area contributed by atoms with E-state index in [1.807, 2.05) is 34.5 Å². The maximum atomic E-state index is 12.8. The first kappa shape index (κ1) is 17.8. The summed E-state index contributed by atoms with van der Waals surface area (Å²) in [5, 5.41) is 5.44. The summed E-state index contributed by atoms with van der Waals surface area (Å²) in [5.74, 6) is 1.38. The van der Waals surface area contributed by atoms with Gasteiger partial charge in [0.25, 0.3) is 5.91 Å². The lowest BCUT2D eigenvalue weighted by molar-refractivity contribution is -0.136. The topological polar surface area (TPSA) is 50.8 Å². The normalized spacial score (nSPS) is 17.1. The third-order valence-electron chi connectivity index (χ3n) is 4.34. The van der Waals surface area contributed by atoms with Crippen molar-refractivity contribution in [2.24, 2.45) is 0 Å². The molecule has 1 aliphatic rings. The number of rotatable bonds is 7. The van der Waals surface area contributed by atoms with Crippen LogP contribution in [-0.4, -0.2) is 43.7 Å². The summed E-state index contributed by atoms with van der Waals surface area (Å²) in [4.78, 5) is 16.0. The minimum atomic E-state index is 0.0184. The number of ether oxygens (including phenoxy) is 2. The average Bonchev–Trinajstić information content (AvgIpc) is 3.18. The van der Waals surface area contributed by atoms with Crippen molar-refractivity contribution < 1.29 is 14.3 Å². The largest absolute Gasteiger partial charge is 0.497 e. The van der Waals surface area contributed by atoms with Crippen LogP contribution in [0.15, 0.2) is 41.8 Å². The Kier molecular flexibility index (Phi) is 6.30. The van der Waals surface area contributed by atoms with Gasteiger partial charge in [0.1, 0.15) is 11.5 Å². The summed E-state index contributed by atoms with van der Waals surface area (Å²) in [7, 11) is 1.61. The number of piperidine rings is 1. The first-order chi connectivity index (χ1) is 12.3. The zero-order valence-electron chi connectivity index (χ0n) is 14.4. The second-order valence-electron chi connectivity index (χ2n) is 6.07. The molecule has 1 saturated heterocycles. The lowest BCUT2D eigenvalue weighted by Gasteiger charge is -2.34. The van der Waals surface area contributed by atoms with Crippen molar-refractivity contribution in [1.29, 1.82) is 0 Å². The zero-order chi connectivity index (χ0) is 17.5. The molecule has 3 rings (SSSR count). The highest BCUT2D eigenvalue weighted by Gasteiger charge is 2.26. The van der Waals surface area contributed by atoms with Crippen LogP contribution in [0.3, 0.4) is 0 Å². The Hall–Kier alpha value is -2.05. The van der Waals surface area contributed by atoms with Crippen molar-refractivity contribution >= 4 is 17.2 Å². The summed E-state index contributed by atoms with van der Waals surface area (Å²) >= 11 is 1.68. The van der Waals surface area contributed by atoms with E-state index in [1.165, 1.54) is 4.88 Å². The number of nitrogens with zero attached hydrogens (tertiary/aromatic N) is 1. The van der Waals surface area contributed by atoms with Crippen LogP contribution < -0.4 is 14.8 Å². The summed E-state index contributed by atoms with van der Waals surface area (Å²) in [5.41, 5.74) is 0. The Morgan fingerprint density at radius 2 is 2.20 bits per heavy atom. The van der Waals surface area contributed by atoms with Crippen molar-refractivity contribution in [3.63, 3.8) is 0 Å². The zero-order valence-corrected chi connectivity index (χ0v) is 15.3. The smallest absolute Gasteiger partial charge is 0.261 e. The molecule has 1 aliphatic heterocycles. The van der Waals surface area contributed by atoms with Crippen LogP contribution in [0.4, 0.5) is 0 Å². The van der Waals surface area contributed by atoms with Crippen LogP contribution in [0.25, 0.3) is 0 Å². The van der Waals surface area contributed by atoms with Crippen LogP contribution in [0.1, 0.15) is 17.7 Å². The Morgan fingerprint density at radius 3 is 2.92 bits per heavy atom. The van der Waals surface area contributed by atoms with E-state index in [4.69, 9.17) is 9.47 Å². The van der Waals surface area contributed by atoms with Crippen molar-refractivity contribution in [2.75, 3.05) is 26.8 Å². The molecule has 6 heteroatoms. The molecule has 5 nitrogen and oxygen atoms in total. The highest BCUT2D eigenvalue weighted by molar-refractivity contribution is 7.09. The molecule has 25 heavy (non-hydrogen) atoms. The molecule has 0 aliphatic carbocycles. The molecule has 2 aromatic rings. The predicted molar refractivity (Wildman–Crippen MR) is 99.2 cm³/mol. The summed E-state index contributed by atoms with van der Waals surface area (Å²) < 4.78 is 10.9. The standard InChI is InChI=1S/C19H24N2O3S/c1-23-16-6-2-7-17(11-16)24-14-19(22)21(13-18-8-4-10-25-18)15-5-3-9-20-12-15/h2,4,6-8,10-11,15,20H,3,5,9,12-14H2,1H3. The monoisotopic (exact) mass is 360 g/mol. The summed E-state index contributed by atoms with van der Waals surface area (Å²) in [6.07, 6.45) is 2.12. The molecule has 2 heterocycles. The molecular weight excluding hydrogens is 336 g/mol. The number of hydrogen-bond acceptors (Lipinski definition) is 5. The quantitative estimate of drug-likeness (QED) is 0.825. The first-order valence-corrected chi connectivity index (χ1v) is 9.43. The first-order valence-electron chi connectivity index (χ1n) is 8.55. The number of benzene rings is 1. The van der Waals surface area contributed by atoms with Crippen LogP contribution >= 0.6 is 11.3 Å². The van der Waals surface area contributed by atoms with Gasteiger partial charge in [0.15, 0.2) is 6.61 Å². The van der Waals surface area contributed by atoms with E-state index in [9.17, 15) is 4.79 Å². The Morgan fingerprint density at radius 1 is 1.32 bits per heavy atom. The lowest BCUT2D eigenvalue weighted by atomic mass is 10.1. The lowest BCUT2D eigenvalue weighted by Crippen LogP contribution is -2.49. The second-order valence-corrected chi connectivity index (χ2v) is 7.10. The molecule has 1 amide bonds. The molecule has 0 saturated carbocycles. The Bertz CT molecular complexity index is 669. The van der Waals surface area contributed by atoms with E-state index in [-0.39, 0.29) is 18.6 Å². The van der Waals surface area contributed by atoms with Crippen molar-refractivity contribution in [3.8, 4) is 11.5 Å². The van der Waals surface area contributed by atoms with E-state index in [2.05, 4.69) is 11.4 Å². The van der Waals surface area contributed by atoms with Gasteiger partial charge in [-0.2, -0.15) is 0 Å². The fourth-order valence-electron chi connectivity index (χ4n) is 3.01. The van der Waals surface area contributed by atoms with Gasteiger partial charge in [0.2, 0.25) is 0 Å². The van der Waals surface area contributed by atoms with Crippen LogP contribution in [0, 0.1) is 0 Å². The molecule has 1 fully saturated rings. The molecular formula is C19H24N2O3S. The minimum Gasteiger partial charge on any atom is -0.497 e. The molecule has 1 aromatic carbocycles. The number of methoxy groups -OCH3 is 1. The van der Waals surface area contributed by atoms with Gasteiger partial charge in [0.05, 0.1) is 13.7 Å². The maximum Gasteiger partial charge on any atom is 0.261 e. The second kappa shape index (κ2) is 8.87. The highest BCUT2D eigenvalue weighted by Crippen LogP contribution is 2.21. The Labute approximate surface area is 152 Å². The predicted octanol–water partition coefficient (Wildman–Crippen LogP) is 2.92. The number of amides is 1. The molecule has 1 N–H and O–H groups in total. The molecule has 1 unspecified atom stereocenters. The van der Waals surface area contributed by atoms with Crippen molar-refractivity contribution in [3.05, 3.63) is 46.7 Å². The Balaban J connectivity index is 1.65. The molecule has 1 atom stereocenters. The van der Waals surface area contributed by atoms with E-state index < -0.39 is 0 Å². The maximum absolute atomic E-state index is 12.8. The van der Waals surface area contributed by atoms with E-state index in [1.54, 1.807) is 24.5 Å². The fourth-order valence-corrected chi connectivity index (χ4v) is 3.71. The van der Waals surface area contributed by atoms with Gasteiger partial charge >= 0.3 is 0 Å². The number of nitrogens with one attached hydrogen (secondary N) is 1. The van der Waals surface area contributed by atoms with Gasteiger partial charge < -0.3 is 19.7 Å². The van der Waals surface area contributed by atoms with Gasteiger partial charge in [-0.15, -0.1) is 11.3 Å².